The maximum atomic E-state index is 12.2. The molecule has 2 unspecified atom stereocenters. The van der Waals surface area contributed by atoms with Crippen LogP contribution in [-0.4, -0.2) is 53.5 Å². The predicted molar refractivity (Wildman–Crippen MR) is 73.6 cm³/mol. The van der Waals surface area contributed by atoms with Crippen LogP contribution in [-0.2, 0) is 14.3 Å². The molecule has 1 aliphatic heterocycles. The van der Waals surface area contributed by atoms with E-state index in [0.29, 0.717) is 19.8 Å². The van der Waals surface area contributed by atoms with Crippen LogP contribution in [0.4, 0.5) is 4.79 Å². The van der Waals surface area contributed by atoms with Crippen molar-refractivity contribution in [2.24, 2.45) is 5.92 Å². The molecule has 0 spiro atoms. The topological polar surface area (TPSA) is 76.1 Å². The monoisotopic (exact) mass is 287 g/mol. The zero-order chi connectivity index (χ0) is 15.3. The van der Waals surface area contributed by atoms with E-state index in [-0.39, 0.29) is 5.92 Å². The van der Waals surface area contributed by atoms with E-state index in [1.54, 1.807) is 27.7 Å². The van der Waals surface area contributed by atoms with Crippen LogP contribution in [0.1, 0.15) is 40.5 Å². The molecule has 116 valence electrons. The molecule has 0 aromatic heterocycles. The molecule has 0 aliphatic carbocycles. The number of carbonyl (C=O) groups excluding carboxylic acids is 1. The summed E-state index contributed by atoms with van der Waals surface area (Å²) < 4.78 is 10.6. The van der Waals surface area contributed by atoms with E-state index < -0.39 is 23.7 Å². The number of carboxylic acids is 1. The van der Waals surface area contributed by atoms with Crippen LogP contribution in [0, 0.1) is 5.92 Å². The molecule has 1 aliphatic rings. The Bertz CT molecular complexity index is 344. The minimum absolute atomic E-state index is 0.186. The van der Waals surface area contributed by atoms with Gasteiger partial charge in [-0.05, 0) is 40.5 Å². The van der Waals surface area contributed by atoms with Crippen LogP contribution in [0.25, 0.3) is 0 Å². The van der Waals surface area contributed by atoms with E-state index in [1.807, 2.05) is 0 Å². The first-order valence-electron chi connectivity index (χ1n) is 7.06. The number of aliphatic carboxylic acids is 1. The van der Waals surface area contributed by atoms with E-state index >= 15 is 0 Å². The lowest BCUT2D eigenvalue weighted by molar-refractivity contribution is -0.147. The van der Waals surface area contributed by atoms with Crippen molar-refractivity contribution >= 4 is 12.1 Å². The average Bonchev–Trinajstić information content (AvgIpc) is 2.33. The lowest BCUT2D eigenvalue weighted by Crippen LogP contribution is -2.52. The van der Waals surface area contributed by atoms with Crippen LogP contribution >= 0.6 is 0 Å². The molecule has 0 aromatic carbocycles. The zero-order valence-corrected chi connectivity index (χ0v) is 12.7. The van der Waals surface area contributed by atoms with Crippen molar-refractivity contribution in [2.45, 2.75) is 52.2 Å². The lowest BCUT2D eigenvalue weighted by Gasteiger charge is -2.36. The van der Waals surface area contributed by atoms with Gasteiger partial charge >= 0.3 is 12.1 Å². The summed E-state index contributed by atoms with van der Waals surface area (Å²) in [7, 11) is 0. The maximum absolute atomic E-state index is 12.2. The molecule has 0 aromatic rings. The number of carbonyl (C=O) groups is 2. The third kappa shape index (κ3) is 4.67. The van der Waals surface area contributed by atoms with Gasteiger partial charge in [0.1, 0.15) is 11.6 Å². The highest BCUT2D eigenvalue weighted by Gasteiger charge is 2.38. The van der Waals surface area contributed by atoms with Crippen molar-refractivity contribution < 1.29 is 24.2 Å². The molecule has 1 saturated heterocycles. The van der Waals surface area contributed by atoms with Gasteiger partial charge in [0.25, 0.3) is 0 Å². The van der Waals surface area contributed by atoms with Crippen LogP contribution in [0.2, 0.25) is 0 Å². The molecule has 6 nitrogen and oxygen atoms in total. The molecule has 0 radical (unpaired) electrons. The summed E-state index contributed by atoms with van der Waals surface area (Å²) >= 11 is 0. The van der Waals surface area contributed by atoms with Crippen molar-refractivity contribution in [3.63, 3.8) is 0 Å². The highest BCUT2D eigenvalue weighted by molar-refractivity contribution is 5.80. The quantitative estimate of drug-likeness (QED) is 0.857. The number of hydrogen-bond acceptors (Lipinski definition) is 4. The Morgan fingerprint density at radius 2 is 2.10 bits per heavy atom. The largest absolute Gasteiger partial charge is 0.480 e. The Morgan fingerprint density at radius 1 is 1.45 bits per heavy atom. The standard InChI is InChI=1S/C14H25NO5/c1-5-15(13(18)20-14(2,3)4)11(12(16)17)10-7-6-8-19-9-10/h10-11H,5-9H2,1-4H3,(H,16,17). The molecule has 1 N–H and O–H groups in total. The zero-order valence-electron chi connectivity index (χ0n) is 12.7. The molecular formula is C14H25NO5. The molecular weight excluding hydrogens is 262 g/mol. The summed E-state index contributed by atoms with van der Waals surface area (Å²) in [6.07, 6.45) is 0.981. The van der Waals surface area contributed by atoms with Crippen molar-refractivity contribution in [2.75, 3.05) is 19.8 Å². The van der Waals surface area contributed by atoms with Crippen LogP contribution in [0.15, 0.2) is 0 Å². The molecule has 6 heteroatoms. The van der Waals surface area contributed by atoms with Crippen molar-refractivity contribution in [1.29, 1.82) is 0 Å². The molecule has 1 heterocycles. The van der Waals surface area contributed by atoms with Gasteiger partial charge in [-0.3, -0.25) is 4.90 Å². The normalized spacial score (nSPS) is 21.1. The van der Waals surface area contributed by atoms with Crippen LogP contribution in [0.3, 0.4) is 0 Å². The SMILES string of the molecule is CCN(C(=O)OC(C)(C)C)C(C(=O)O)C1CCCOC1. The molecule has 0 bridgehead atoms. The Hall–Kier alpha value is -1.30. The van der Waals surface area contributed by atoms with E-state index in [0.717, 1.165) is 12.8 Å². The summed E-state index contributed by atoms with van der Waals surface area (Å²) in [4.78, 5) is 25.0. The van der Waals surface area contributed by atoms with E-state index in [4.69, 9.17) is 9.47 Å². The van der Waals surface area contributed by atoms with Gasteiger partial charge in [-0.1, -0.05) is 0 Å². The fraction of sp³-hybridized carbons (Fsp3) is 0.857. The summed E-state index contributed by atoms with van der Waals surface area (Å²) in [5, 5.41) is 9.47. The molecule has 1 rings (SSSR count). The van der Waals surface area contributed by atoms with Crippen molar-refractivity contribution in [3.8, 4) is 0 Å². The number of amides is 1. The Kier molecular flexibility index (Phi) is 5.80. The number of rotatable bonds is 4. The average molecular weight is 287 g/mol. The van der Waals surface area contributed by atoms with Gasteiger partial charge in [-0.2, -0.15) is 0 Å². The molecule has 0 saturated carbocycles. The molecule has 20 heavy (non-hydrogen) atoms. The van der Waals surface area contributed by atoms with Gasteiger partial charge in [0, 0.05) is 19.1 Å². The smallest absolute Gasteiger partial charge is 0.411 e. The molecule has 1 amide bonds. The van der Waals surface area contributed by atoms with Gasteiger partial charge in [0.2, 0.25) is 0 Å². The molecule has 2 atom stereocenters. The van der Waals surface area contributed by atoms with Crippen molar-refractivity contribution in [3.05, 3.63) is 0 Å². The van der Waals surface area contributed by atoms with Crippen molar-refractivity contribution in [1.82, 2.24) is 4.90 Å². The minimum Gasteiger partial charge on any atom is -0.480 e. The summed E-state index contributed by atoms with van der Waals surface area (Å²) in [6, 6.07) is -0.893. The first-order valence-corrected chi connectivity index (χ1v) is 7.06. The number of likely N-dealkylation sites (N-methyl/N-ethyl adjacent to an activating group) is 1. The number of hydrogen-bond donors (Lipinski definition) is 1. The predicted octanol–water partition coefficient (Wildman–Crippen LogP) is 2.12. The number of ether oxygens (including phenoxy) is 2. The van der Waals surface area contributed by atoms with E-state index in [9.17, 15) is 14.7 Å². The van der Waals surface area contributed by atoms with Crippen LogP contribution < -0.4 is 0 Å². The third-order valence-electron chi connectivity index (χ3n) is 3.20. The first-order chi connectivity index (χ1) is 9.26. The van der Waals surface area contributed by atoms with Gasteiger partial charge in [0.05, 0.1) is 6.61 Å². The second-order valence-corrected chi connectivity index (χ2v) is 6.03. The van der Waals surface area contributed by atoms with Gasteiger partial charge in [-0.15, -0.1) is 0 Å². The highest BCUT2D eigenvalue weighted by atomic mass is 16.6. The second-order valence-electron chi connectivity index (χ2n) is 6.03. The fourth-order valence-corrected chi connectivity index (χ4v) is 2.36. The Labute approximate surface area is 120 Å². The van der Waals surface area contributed by atoms with E-state index in [2.05, 4.69) is 0 Å². The van der Waals surface area contributed by atoms with Gasteiger partial charge in [0.15, 0.2) is 0 Å². The highest BCUT2D eigenvalue weighted by Crippen LogP contribution is 2.23. The fourth-order valence-electron chi connectivity index (χ4n) is 2.36. The van der Waals surface area contributed by atoms with Crippen LogP contribution in [0.5, 0.6) is 0 Å². The molecule has 1 fully saturated rings. The maximum Gasteiger partial charge on any atom is 0.411 e. The number of nitrogens with zero attached hydrogens (tertiary/aromatic N) is 1. The summed E-state index contributed by atoms with van der Waals surface area (Å²) in [5.74, 6) is -1.19. The second kappa shape index (κ2) is 6.92. The lowest BCUT2D eigenvalue weighted by atomic mass is 9.92. The summed E-state index contributed by atoms with van der Waals surface area (Å²) in [6.45, 7) is 8.36. The minimum atomic E-state index is -1.01. The number of carboxylic acid groups (broad SMARTS) is 1. The Balaban J connectivity index is 2.85. The summed E-state index contributed by atoms with van der Waals surface area (Å²) in [5.41, 5.74) is -0.642. The van der Waals surface area contributed by atoms with E-state index in [1.165, 1.54) is 4.90 Å². The van der Waals surface area contributed by atoms with Gasteiger partial charge in [-0.25, -0.2) is 9.59 Å². The van der Waals surface area contributed by atoms with Gasteiger partial charge < -0.3 is 14.6 Å². The Morgan fingerprint density at radius 3 is 2.50 bits per heavy atom. The third-order valence-corrected chi connectivity index (χ3v) is 3.20. The first kappa shape index (κ1) is 16.8.